The Bertz CT molecular complexity index is 829. The molecule has 0 bridgehead atoms. The van der Waals surface area contributed by atoms with Crippen molar-refractivity contribution in [2.24, 2.45) is 0 Å². The van der Waals surface area contributed by atoms with Gasteiger partial charge in [-0.3, -0.25) is 30.6 Å². The van der Waals surface area contributed by atoms with Crippen molar-refractivity contribution in [2.45, 2.75) is 0 Å². The number of nitro groups is 1. The molecule has 0 atom stereocenters. The van der Waals surface area contributed by atoms with Gasteiger partial charge < -0.3 is 4.74 Å². The number of ether oxygens (including phenoxy) is 1. The molecule has 0 fully saturated rings. The number of hydrogen-bond acceptors (Lipinski definition) is 5. The Morgan fingerprint density at radius 2 is 1.84 bits per heavy atom. The molecule has 2 aromatic carbocycles. The number of nitrogens with zero attached hydrogens (tertiary/aromatic N) is 1. The van der Waals surface area contributed by atoms with Crippen molar-refractivity contribution in [3.8, 4) is 5.75 Å². The van der Waals surface area contributed by atoms with Crippen LogP contribution in [0.1, 0.15) is 10.4 Å². The van der Waals surface area contributed by atoms with Crippen LogP contribution in [0.2, 0.25) is 0 Å². The third kappa shape index (κ3) is 4.70. The molecule has 0 saturated heterocycles. The van der Waals surface area contributed by atoms with E-state index in [0.29, 0.717) is 6.07 Å². The summed E-state index contributed by atoms with van der Waals surface area (Å²) in [5.41, 5.74) is 3.07. The number of hydrogen-bond donors (Lipinski definition) is 2. The fraction of sp³-hybridized carbons (Fsp3) is 0.0667. The normalized spacial score (nSPS) is 10.0. The van der Waals surface area contributed by atoms with E-state index in [9.17, 15) is 28.5 Å². The Morgan fingerprint density at radius 1 is 1.12 bits per heavy atom. The summed E-state index contributed by atoms with van der Waals surface area (Å²) in [5.74, 6) is -3.91. The zero-order valence-electron chi connectivity index (χ0n) is 12.5. The number of para-hydroxylation sites is 2. The molecule has 0 unspecified atom stereocenters. The van der Waals surface area contributed by atoms with Crippen LogP contribution in [0.25, 0.3) is 0 Å². The van der Waals surface area contributed by atoms with Crippen molar-refractivity contribution in [1.29, 1.82) is 0 Å². The molecule has 0 heterocycles. The van der Waals surface area contributed by atoms with Crippen molar-refractivity contribution in [1.82, 2.24) is 10.9 Å². The first kappa shape index (κ1) is 17.8. The Hall–Kier alpha value is -3.56. The molecule has 0 aliphatic rings. The van der Waals surface area contributed by atoms with Crippen molar-refractivity contribution in [2.75, 3.05) is 6.61 Å². The number of halogens is 2. The minimum Gasteiger partial charge on any atom is -0.477 e. The monoisotopic (exact) mass is 351 g/mol. The molecule has 0 aliphatic heterocycles. The van der Waals surface area contributed by atoms with E-state index >= 15 is 0 Å². The molecule has 130 valence electrons. The number of hydrazine groups is 1. The maximum atomic E-state index is 13.4. The van der Waals surface area contributed by atoms with E-state index in [0.717, 1.165) is 12.1 Å². The maximum Gasteiger partial charge on any atom is 0.310 e. The lowest BCUT2D eigenvalue weighted by Crippen LogP contribution is -2.44. The van der Waals surface area contributed by atoms with Crippen LogP contribution < -0.4 is 15.6 Å². The van der Waals surface area contributed by atoms with E-state index < -0.39 is 40.5 Å². The molecule has 2 rings (SSSR count). The third-order valence-corrected chi connectivity index (χ3v) is 2.91. The molecule has 2 N–H and O–H groups in total. The number of amides is 2. The van der Waals surface area contributed by atoms with Gasteiger partial charge in [0.2, 0.25) is 0 Å². The molecule has 0 saturated carbocycles. The number of carbonyl (C=O) groups is 2. The molecule has 0 aromatic heterocycles. The summed E-state index contributed by atoms with van der Waals surface area (Å²) in [7, 11) is 0. The highest BCUT2D eigenvalue weighted by Gasteiger charge is 2.16. The van der Waals surface area contributed by atoms with E-state index in [1.165, 1.54) is 24.3 Å². The van der Waals surface area contributed by atoms with Crippen LogP contribution in [0, 0.1) is 21.7 Å². The fourth-order valence-corrected chi connectivity index (χ4v) is 1.78. The van der Waals surface area contributed by atoms with Gasteiger partial charge in [-0.15, -0.1) is 0 Å². The first-order valence-corrected chi connectivity index (χ1v) is 6.79. The van der Waals surface area contributed by atoms with Crippen molar-refractivity contribution < 1.29 is 28.0 Å². The van der Waals surface area contributed by atoms with Gasteiger partial charge in [0.05, 0.1) is 10.5 Å². The van der Waals surface area contributed by atoms with Crippen LogP contribution in [-0.2, 0) is 4.79 Å². The molecule has 10 heteroatoms. The molecule has 2 aromatic rings. The highest BCUT2D eigenvalue weighted by Crippen LogP contribution is 2.25. The largest absolute Gasteiger partial charge is 0.477 e. The Labute approximate surface area is 139 Å². The SMILES string of the molecule is O=C(COc1ccccc1[N+](=O)[O-])NNC(=O)c1ccc(F)cc1F. The van der Waals surface area contributed by atoms with Crippen LogP contribution in [-0.4, -0.2) is 23.3 Å². The second-order valence-electron chi connectivity index (χ2n) is 4.64. The second kappa shape index (κ2) is 7.81. The minimum absolute atomic E-state index is 0.126. The van der Waals surface area contributed by atoms with Gasteiger partial charge in [-0.1, -0.05) is 12.1 Å². The predicted octanol–water partition coefficient (Wildman–Crippen LogP) is 1.71. The quantitative estimate of drug-likeness (QED) is 0.629. The number of nitro benzene ring substituents is 1. The fourth-order valence-electron chi connectivity index (χ4n) is 1.78. The first-order chi connectivity index (χ1) is 11.9. The van der Waals surface area contributed by atoms with Gasteiger partial charge in [0.15, 0.2) is 12.4 Å². The van der Waals surface area contributed by atoms with E-state index in [4.69, 9.17) is 4.74 Å². The van der Waals surface area contributed by atoms with E-state index in [-0.39, 0.29) is 11.4 Å². The first-order valence-electron chi connectivity index (χ1n) is 6.79. The summed E-state index contributed by atoms with van der Waals surface area (Å²) in [4.78, 5) is 33.4. The average molecular weight is 351 g/mol. The van der Waals surface area contributed by atoms with Crippen molar-refractivity contribution >= 4 is 17.5 Å². The summed E-state index contributed by atoms with van der Waals surface area (Å²) in [6.45, 7) is -0.628. The number of nitrogens with one attached hydrogen (secondary N) is 2. The highest BCUT2D eigenvalue weighted by atomic mass is 19.1. The van der Waals surface area contributed by atoms with Gasteiger partial charge in [-0.25, -0.2) is 8.78 Å². The molecule has 25 heavy (non-hydrogen) atoms. The van der Waals surface area contributed by atoms with Crippen LogP contribution in [0.3, 0.4) is 0 Å². The lowest BCUT2D eigenvalue weighted by Gasteiger charge is -2.09. The standard InChI is InChI=1S/C15H11F2N3O5/c16-9-5-6-10(11(17)7-9)15(22)19-18-14(21)8-25-13-4-2-1-3-12(13)20(23)24/h1-7H,8H2,(H,18,21)(H,19,22). The summed E-state index contributed by atoms with van der Waals surface area (Å²) < 4.78 is 31.2. The highest BCUT2D eigenvalue weighted by molar-refractivity contribution is 5.95. The lowest BCUT2D eigenvalue weighted by molar-refractivity contribution is -0.385. The van der Waals surface area contributed by atoms with Gasteiger partial charge in [0.1, 0.15) is 11.6 Å². The third-order valence-electron chi connectivity index (χ3n) is 2.91. The average Bonchev–Trinajstić information content (AvgIpc) is 2.58. The molecule has 2 amide bonds. The molecule has 8 nitrogen and oxygen atoms in total. The van der Waals surface area contributed by atoms with Gasteiger partial charge in [-0.05, 0) is 18.2 Å². The van der Waals surface area contributed by atoms with E-state index in [1.54, 1.807) is 0 Å². The summed E-state index contributed by atoms with van der Waals surface area (Å²) in [6.07, 6.45) is 0. The van der Waals surface area contributed by atoms with Crippen LogP contribution in [0.5, 0.6) is 5.75 Å². The Kier molecular flexibility index (Phi) is 5.56. The van der Waals surface area contributed by atoms with Crippen LogP contribution >= 0.6 is 0 Å². The van der Waals surface area contributed by atoms with Gasteiger partial charge in [0.25, 0.3) is 11.8 Å². The van der Waals surface area contributed by atoms with E-state index in [1.807, 2.05) is 10.9 Å². The number of carbonyl (C=O) groups excluding carboxylic acids is 2. The molecule has 0 radical (unpaired) electrons. The van der Waals surface area contributed by atoms with Crippen molar-refractivity contribution in [3.05, 3.63) is 69.8 Å². The van der Waals surface area contributed by atoms with Gasteiger partial charge in [0, 0.05) is 12.1 Å². The molecule has 0 spiro atoms. The zero-order chi connectivity index (χ0) is 18.4. The number of rotatable bonds is 5. The van der Waals surface area contributed by atoms with Crippen LogP contribution in [0.4, 0.5) is 14.5 Å². The Morgan fingerprint density at radius 3 is 2.52 bits per heavy atom. The van der Waals surface area contributed by atoms with Crippen LogP contribution in [0.15, 0.2) is 42.5 Å². The zero-order valence-corrected chi connectivity index (χ0v) is 12.5. The minimum atomic E-state index is -1.09. The van der Waals surface area contributed by atoms with Crippen molar-refractivity contribution in [3.63, 3.8) is 0 Å². The predicted molar refractivity (Wildman–Crippen MR) is 80.6 cm³/mol. The molecular weight excluding hydrogens is 340 g/mol. The van der Waals surface area contributed by atoms with Gasteiger partial charge in [-0.2, -0.15) is 0 Å². The molecular formula is C15H11F2N3O5. The maximum absolute atomic E-state index is 13.4. The summed E-state index contributed by atoms with van der Waals surface area (Å²) in [5, 5.41) is 10.8. The topological polar surface area (TPSA) is 111 Å². The smallest absolute Gasteiger partial charge is 0.310 e. The molecule has 0 aliphatic carbocycles. The van der Waals surface area contributed by atoms with Gasteiger partial charge >= 0.3 is 5.69 Å². The number of benzene rings is 2. The van der Waals surface area contributed by atoms with E-state index in [2.05, 4.69) is 0 Å². The Balaban J connectivity index is 1.89. The summed E-state index contributed by atoms with van der Waals surface area (Å²) >= 11 is 0. The lowest BCUT2D eigenvalue weighted by atomic mass is 10.2. The second-order valence-corrected chi connectivity index (χ2v) is 4.64. The summed E-state index contributed by atoms with van der Waals surface area (Å²) in [6, 6.07) is 7.74.